The number of carbonyl (C=O) groups is 1. The van der Waals surface area contributed by atoms with E-state index in [2.05, 4.69) is 12.6 Å². The van der Waals surface area contributed by atoms with Crippen LogP contribution in [0.15, 0.2) is 18.2 Å². The average Bonchev–Trinajstić information content (AvgIpc) is 2.11. The highest BCUT2D eigenvalue weighted by molar-refractivity contribution is 7.81. The average molecular weight is 217 g/mol. The van der Waals surface area contributed by atoms with Gasteiger partial charge in [-0.15, -0.1) is 0 Å². The van der Waals surface area contributed by atoms with Crippen LogP contribution in [0.4, 0.5) is 0 Å². The number of halogens is 1. The molecular formula is C9H9ClO2S. The predicted octanol–water partition coefficient (Wildman–Crippen LogP) is 2.48. The van der Waals surface area contributed by atoms with Gasteiger partial charge in [0, 0.05) is 5.02 Å². The van der Waals surface area contributed by atoms with Gasteiger partial charge in [0.15, 0.2) is 0 Å². The Kier molecular flexibility index (Phi) is 3.63. The maximum atomic E-state index is 10.9. The number of rotatable bonds is 2. The third-order valence-electron chi connectivity index (χ3n) is 1.50. The molecule has 0 N–H and O–H groups in total. The summed E-state index contributed by atoms with van der Waals surface area (Å²) in [4.78, 5) is 10.9. The molecule has 0 spiro atoms. The Hall–Kier alpha value is -0.670. The molecule has 0 aliphatic rings. The lowest BCUT2D eigenvalue weighted by atomic mass is 10.2. The monoisotopic (exact) mass is 216 g/mol. The number of esters is 1. The summed E-state index contributed by atoms with van der Waals surface area (Å²) in [5.74, 6) is 0.173. The summed E-state index contributed by atoms with van der Waals surface area (Å²) >= 11 is 9.53. The maximum absolute atomic E-state index is 10.9. The number of hydrogen-bond donors (Lipinski definition) is 1. The number of ether oxygens (including phenoxy) is 1. The summed E-state index contributed by atoms with van der Waals surface area (Å²) in [5.41, 5.74) is 0.875. The van der Waals surface area contributed by atoms with Crippen molar-refractivity contribution in [1.82, 2.24) is 0 Å². The highest BCUT2D eigenvalue weighted by atomic mass is 35.5. The molecule has 0 amide bonds. The molecule has 0 saturated carbocycles. The molecule has 0 unspecified atom stereocenters. The van der Waals surface area contributed by atoms with E-state index in [0.717, 1.165) is 5.56 Å². The maximum Gasteiger partial charge on any atom is 0.321 e. The highest BCUT2D eigenvalue weighted by Gasteiger charge is 2.05. The summed E-state index contributed by atoms with van der Waals surface area (Å²) in [5, 5.41) is 0.549. The molecule has 0 heterocycles. The van der Waals surface area contributed by atoms with E-state index in [9.17, 15) is 4.79 Å². The molecule has 0 bridgehead atoms. The summed E-state index contributed by atoms with van der Waals surface area (Å²) in [6.45, 7) is 1.84. The molecule has 0 aromatic heterocycles. The Balaban J connectivity index is 2.87. The van der Waals surface area contributed by atoms with Gasteiger partial charge in [0.2, 0.25) is 0 Å². The number of thiol groups is 1. The first-order valence-corrected chi connectivity index (χ1v) is 4.72. The normalized spacial score (nSPS) is 9.77. The molecular weight excluding hydrogens is 208 g/mol. The lowest BCUT2D eigenvalue weighted by Gasteiger charge is -2.05. The second-order valence-electron chi connectivity index (χ2n) is 2.54. The van der Waals surface area contributed by atoms with Crippen LogP contribution in [-0.4, -0.2) is 11.7 Å². The number of hydrogen-bond acceptors (Lipinski definition) is 3. The van der Waals surface area contributed by atoms with Gasteiger partial charge >= 0.3 is 5.97 Å². The van der Waals surface area contributed by atoms with Gasteiger partial charge in [0.05, 0.1) is 5.75 Å². The SMILES string of the molecule is Cc1ccc(Cl)cc1OC(=O)CS. The molecule has 13 heavy (non-hydrogen) atoms. The Morgan fingerprint density at radius 2 is 2.31 bits per heavy atom. The fourth-order valence-corrected chi connectivity index (χ4v) is 1.07. The summed E-state index contributed by atoms with van der Waals surface area (Å²) in [6.07, 6.45) is 0. The van der Waals surface area contributed by atoms with Crippen molar-refractivity contribution in [2.75, 3.05) is 5.75 Å². The van der Waals surface area contributed by atoms with Crippen molar-refractivity contribution in [3.05, 3.63) is 28.8 Å². The Morgan fingerprint density at radius 1 is 1.62 bits per heavy atom. The molecule has 0 aliphatic carbocycles. The summed E-state index contributed by atoms with van der Waals surface area (Å²) < 4.78 is 4.98. The van der Waals surface area contributed by atoms with Crippen molar-refractivity contribution in [2.45, 2.75) is 6.92 Å². The van der Waals surface area contributed by atoms with Crippen LogP contribution in [0.2, 0.25) is 5.02 Å². The van der Waals surface area contributed by atoms with Crippen LogP contribution in [0, 0.1) is 6.92 Å². The van der Waals surface area contributed by atoms with E-state index in [1.165, 1.54) is 0 Å². The highest BCUT2D eigenvalue weighted by Crippen LogP contribution is 2.22. The molecule has 1 aromatic carbocycles. The van der Waals surface area contributed by atoms with E-state index in [1.54, 1.807) is 18.2 Å². The largest absolute Gasteiger partial charge is 0.426 e. The first kappa shape index (κ1) is 10.4. The standard InChI is InChI=1S/C9H9ClO2S/c1-6-2-3-7(10)4-8(6)12-9(11)5-13/h2-4,13H,5H2,1H3. The van der Waals surface area contributed by atoms with E-state index < -0.39 is 0 Å². The zero-order chi connectivity index (χ0) is 9.84. The third kappa shape index (κ3) is 2.94. The molecule has 0 fully saturated rings. The fourth-order valence-electron chi connectivity index (χ4n) is 0.839. The van der Waals surface area contributed by atoms with Crippen LogP contribution in [0.5, 0.6) is 5.75 Å². The predicted molar refractivity (Wildman–Crippen MR) is 55.7 cm³/mol. The van der Waals surface area contributed by atoms with Crippen molar-refractivity contribution in [3.8, 4) is 5.75 Å². The van der Waals surface area contributed by atoms with Gasteiger partial charge in [-0.1, -0.05) is 17.7 Å². The topological polar surface area (TPSA) is 26.3 Å². The van der Waals surface area contributed by atoms with E-state index >= 15 is 0 Å². The molecule has 0 saturated heterocycles. The minimum atomic E-state index is -0.381. The van der Waals surface area contributed by atoms with Crippen LogP contribution >= 0.6 is 24.2 Å². The quantitative estimate of drug-likeness (QED) is 0.467. The first-order valence-electron chi connectivity index (χ1n) is 3.71. The molecule has 0 radical (unpaired) electrons. The molecule has 1 rings (SSSR count). The van der Waals surface area contributed by atoms with Crippen LogP contribution in [-0.2, 0) is 4.79 Å². The van der Waals surface area contributed by atoms with Crippen LogP contribution < -0.4 is 4.74 Å². The number of benzene rings is 1. The summed E-state index contributed by atoms with van der Waals surface area (Å²) in [7, 11) is 0. The van der Waals surface area contributed by atoms with Crippen molar-refractivity contribution in [3.63, 3.8) is 0 Å². The second-order valence-corrected chi connectivity index (χ2v) is 3.29. The lowest BCUT2D eigenvalue weighted by molar-refractivity contribution is -0.131. The second kappa shape index (κ2) is 4.53. The van der Waals surface area contributed by atoms with Crippen molar-refractivity contribution >= 4 is 30.2 Å². The summed E-state index contributed by atoms with van der Waals surface area (Å²) in [6, 6.07) is 5.15. The zero-order valence-corrected chi connectivity index (χ0v) is 8.73. The Morgan fingerprint density at radius 3 is 2.92 bits per heavy atom. The van der Waals surface area contributed by atoms with Crippen molar-refractivity contribution < 1.29 is 9.53 Å². The van der Waals surface area contributed by atoms with Gasteiger partial charge in [-0.2, -0.15) is 12.6 Å². The van der Waals surface area contributed by atoms with Crippen LogP contribution in [0.25, 0.3) is 0 Å². The smallest absolute Gasteiger partial charge is 0.321 e. The Bertz CT molecular complexity index is 325. The molecule has 70 valence electrons. The molecule has 1 aromatic rings. The van der Waals surface area contributed by atoms with Gasteiger partial charge in [0.1, 0.15) is 5.75 Å². The Labute approximate surface area is 87.3 Å². The van der Waals surface area contributed by atoms with Crippen molar-refractivity contribution in [2.24, 2.45) is 0 Å². The van der Waals surface area contributed by atoms with Gasteiger partial charge in [-0.25, -0.2) is 0 Å². The number of carbonyl (C=O) groups excluding carboxylic acids is 1. The first-order chi connectivity index (χ1) is 6.13. The van der Waals surface area contributed by atoms with E-state index in [4.69, 9.17) is 16.3 Å². The number of aryl methyl sites for hydroxylation is 1. The van der Waals surface area contributed by atoms with E-state index in [-0.39, 0.29) is 11.7 Å². The molecule has 2 nitrogen and oxygen atoms in total. The molecule has 0 atom stereocenters. The van der Waals surface area contributed by atoms with Gasteiger partial charge in [-0.05, 0) is 24.6 Å². The minimum absolute atomic E-state index is 0.0615. The van der Waals surface area contributed by atoms with Crippen LogP contribution in [0.3, 0.4) is 0 Å². The van der Waals surface area contributed by atoms with Crippen LogP contribution in [0.1, 0.15) is 5.56 Å². The van der Waals surface area contributed by atoms with Gasteiger partial charge in [0.25, 0.3) is 0 Å². The molecule has 0 aliphatic heterocycles. The van der Waals surface area contributed by atoms with Gasteiger partial charge in [-0.3, -0.25) is 4.79 Å². The zero-order valence-electron chi connectivity index (χ0n) is 7.08. The molecule has 4 heteroatoms. The van der Waals surface area contributed by atoms with E-state index in [1.807, 2.05) is 6.92 Å². The van der Waals surface area contributed by atoms with Crippen molar-refractivity contribution in [1.29, 1.82) is 0 Å². The van der Waals surface area contributed by atoms with E-state index in [0.29, 0.717) is 10.8 Å². The minimum Gasteiger partial charge on any atom is -0.426 e. The fraction of sp³-hybridized carbons (Fsp3) is 0.222. The lowest BCUT2D eigenvalue weighted by Crippen LogP contribution is -2.09. The third-order valence-corrected chi connectivity index (χ3v) is 2.00. The van der Waals surface area contributed by atoms with Gasteiger partial charge < -0.3 is 4.74 Å².